The zero-order chi connectivity index (χ0) is 24.7. The van der Waals surface area contributed by atoms with Crippen molar-refractivity contribution in [3.05, 3.63) is 88.7 Å². The van der Waals surface area contributed by atoms with Crippen LogP contribution in [0.5, 0.6) is 11.5 Å². The van der Waals surface area contributed by atoms with E-state index in [9.17, 15) is 26.8 Å². The summed E-state index contributed by atoms with van der Waals surface area (Å²) < 4.78 is 65.4. The molecule has 0 radical (unpaired) electrons. The van der Waals surface area contributed by atoms with Gasteiger partial charge in [-0.15, -0.1) is 0 Å². The van der Waals surface area contributed by atoms with E-state index in [2.05, 4.69) is 5.32 Å². The van der Waals surface area contributed by atoms with E-state index in [4.69, 9.17) is 9.47 Å². The fourth-order valence-corrected chi connectivity index (χ4v) is 5.10. The topological polar surface area (TPSA) is 104 Å². The molecule has 11 heteroatoms. The highest BCUT2D eigenvalue weighted by Gasteiger charge is 2.25. The molecule has 8 nitrogen and oxygen atoms in total. The molecule has 178 valence electrons. The van der Waals surface area contributed by atoms with Gasteiger partial charge in [0, 0.05) is 23.3 Å². The largest absolute Gasteiger partial charge is 0.454 e. The SMILES string of the molecule is O=C(Cn1cc(S(=O)(=O)c2ccc(F)cc2)c(=O)c2cc(F)ccc21)Nc1ccc2c(c1)OCO2. The van der Waals surface area contributed by atoms with Gasteiger partial charge in [0.1, 0.15) is 23.1 Å². The lowest BCUT2D eigenvalue weighted by atomic mass is 10.2. The summed E-state index contributed by atoms with van der Waals surface area (Å²) in [6, 6.07) is 12.0. The number of nitrogens with one attached hydrogen (secondary N) is 1. The van der Waals surface area contributed by atoms with Gasteiger partial charge in [-0.1, -0.05) is 0 Å². The van der Waals surface area contributed by atoms with Crippen molar-refractivity contribution in [2.45, 2.75) is 16.3 Å². The molecule has 1 aliphatic rings. The normalized spacial score (nSPS) is 12.6. The van der Waals surface area contributed by atoms with Crippen LogP contribution >= 0.6 is 0 Å². The van der Waals surface area contributed by atoms with E-state index in [0.717, 1.165) is 42.6 Å². The number of halogens is 2. The second-order valence-electron chi connectivity index (χ2n) is 7.69. The van der Waals surface area contributed by atoms with Crippen LogP contribution in [-0.4, -0.2) is 25.7 Å². The Kier molecular flexibility index (Phi) is 5.48. The quantitative estimate of drug-likeness (QED) is 0.423. The van der Waals surface area contributed by atoms with Crippen molar-refractivity contribution in [2.75, 3.05) is 12.1 Å². The Balaban J connectivity index is 1.56. The summed E-state index contributed by atoms with van der Waals surface area (Å²) >= 11 is 0. The summed E-state index contributed by atoms with van der Waals surface area (Å²) in [5.74, 6) is -0.945. The van der Waals surface area contributed by atoms with Gasteiger partial charge in [0.25, 0.3) is 0 Å². The van der Waals surface area contributed by atoms with Crippen molar-refractivity contribution < 1.29 is 31.5 Å². The lowest BCUT2D eigenvalue weighted by Crippen LogP contribution is -2.24. The van der Waals surface area contributed by atoms with Gasteiger partial charge in [0.05, 0.1) is 10.4 Å². The maximum atomic E-state index is 14.0. The Hall–Kier alpha value is -4.25. The number of pyridine rings is 1. The van der Waals surface area contributed by atoms with Crippen LogP contribution in [0, 0.1) is 11.6 Å². The third-order valence-corrected chi connectivity index (χ3v) is 7.16. The van der Waals surface area contributed by atoms with E-state index >= 15 is 0 Å². The molecule has 1 amide bonds. The number of benzene rings is 3. The number of fused-ring (bicyclic) bond motifs is 2. The predicted octanol–water partition coefficient (Wildman–Crippen LogP) is 3.48. The van der Waals surface area contributed by atoms with Gasteiger partial charge in [-0.3, -0.25) is 9.59 Å². The highest BCUT2D eigenvalue weighted by molar-refractivity contribution is 7.91. The highest BCUT2D eigenvalue weighted by Crippen LogP contribution is 2.34. The number of anilines is 1. The average Bonchev–Trinajstić information content (AvgIpc) is 3.29. The molecular weight excluding hydrogens is 482 g/mol. The first-order valence-electron chi connectivity index (χ1n) is 10.3. The molecule has 0 fully saturated rings. The number of aromatic nitrogens is 1. The van der Waals surface area contributed by atoms with Gasteiger partial charge in [-0.05, 0) is 54.6 Å². The Morgan fingerprint density at radius 1 is 0.943 bits per heavy atom. The summed E-state index contributed by atoms with van der Waals surface area (Å²) in [4.78, 5) is 24.9. The third-order valence-electron chi connectivity index (χ3n) is 5.39. The predicted molar refractivity (Wildman–Crippen MR) is 121 cm³/mol. The van der Waals surface area contributed by atoms with E-state index in [1.165, 1.54) is 10.6 Å². The van der Waals surface area contributed by atoms with Crippen LogP contribution in [0.3, 0.4) is 0 Å². The molecule has 0 saturated heterocycles. The van der Waals surface area contributed by atoms with Crippen molar-refractivity contribution in [2.24, 2.45) is 0 Å². The summed E-state index contributed by atoms with van der Waals surface area (Å²) in [6.45, 7) is -0.319. The molecule has 0 saturated carbocycles. The van der Waals surface area contributed by atoms with Crippen LogP contribution in [0.4, 0.5) is 14.5 Å². The zero-order valence-corrected chi connectivity index (χ0v) is 18.6. The van der Waals surface area contributed by atoms with E-state index in [1.54, 1.807) is 18.2 Å². The number of hydrogen-bond acceptors (Lipinski definition) is 6. The van der Waals surface area contributed by atoms with Crippen LogP contribution in [0.15, 0.2) is 81.4 Å². The molecule has 0 bridgehead atoms. The van der Waals surface area contributed by atoms with Crippen molar-refractivity contribution in [3.8, 4) is 11.5 Å². The lowest BCUT2D eigenvalue weighted by Gasteiger charge is -2.14. The minimum absolute atomic E-state index is 0.0674. The van der Waals surface area contributed by atoms with Crippen LogP contribution in [0.2, 0.25) is 0 Å². The molecule has 0 aliphatic carbocycles. The Morgan fingerprint density at radius 3 is 2.43 bits per heavy atom. The second-order valence-corrected chi connectivity index (χ2v) is 9.60. The number of amides is 1. The number of carbonyl (C=O) groups is 1. The van der Waals surface area contributed by atoms with Crippen molar-refractivity contribution in [1.29, 1.82) is 0 Å². The van der Waals surface area contributed by atoms with Crippen molar-refractivity contribution in [3.63, 3.8) is 0 Å². The molecule has 5 rings (SSSR count). The highest BCUT2D eigenvalue weighted by atomic mass is 32.2. The maximum absolute atomic E-state index is 14.0. The van der Waals surface area contributed by atoms with Crippen LogP contribution < -0.4 is 20.2 Å². The Bertz CT molecular complexity index is 1650. The molecule has 4 aromatic rings. The van der Waals surface area contributed by atoms with Crippen LogP contribution in [0.1, 0.15) is 0 Å². The first-order valence-corrected chi connectivity index (χ1v) is 11.7. The summed E-state index contributed by atoms with van der Waals surface area (Å²) in [5, 5.41) is 2.45. The molecule has 2 heterocycles. The van der Waals surface area contributed by atoms with Gasteiger partial charge < -0.3 is 19.4 Å². The Morgan fingerprint density at radius 2 is 1.66 bits per heavy atom. The van der Waals surface area contributed by atoms with Crippen LogP contribution in [0.25, 0.3) is 10.9 Å². The molecule has 35 heavy (non-hydrogen) atoms. The average molecular weight is 498 g/mol. The maximum Gasteiger partial charge on any atom is 0.244 e. The first kappa shape index (κ1) is 22.5. The number of ether oxygens (including phenoxy) is 2. The van der Waals surface area contributed by atoms with Crippen LogP contribution in [-0.2, 0) is 21.2 Å². The molecular formula is C24H16F2N2O6S. The summed E-state index contributed by atoms with van der Waals surface area (Å²) in [5.41, 5.74) is -0.360. The number of sulfone groups is 1. The molecule has 1 aliphatic heterocycles. The first-order chi connectivity index (χ1) is 16.7. The van der Waals surface area contributed by atoms with Gasteiger partial charge in [-0.2, -0.15) is 0 Å². The van der Waals surface area contributed by atoms with Gasteiger partial charge >= 0.3 is 0 Å². The second kappa shape index (κ2) is 8.51. The number of carbonyl (C=O) groups excluding carboxylic acids is 1. The standard InChI is InChI=1S/C24H16F2N2O6S/c25-14-1-5-17(6-2-14)35(31,32)22-11-28(19-7-3-15(26)9-18(19)24(22)30)12-23(29)27-16-4-8-20-21(10-16)34-13-33-20/h1-11H,12-13H2,(H,27,29). The number of nitrogens with zero attached hydrogens (tertiary/aromatic N) is 1. The minimum atomic E-state index is -4.40. The van der Waals surface area contributed by atoms with Gasteiger partial charge in [0.15, 0.2) is 11.5 Å². The van der Waals surface area contributed by atoms with E-state index in [1.807, 2.05) is 0 Å². The molecule has 1 N–H and O–H groups in total. The zero-order valence-electron chi connectivity index (χ0n) is 17.8. The van der Waals surface area contributed by atoms with Gasteiger partial charge in [-0.25, -0.2) is 17.2 Å². The van der Waals surface area contributed by atoms with E-state index < -0.39 is 37.7 Å². The number of hydrogen-bond donors (Lipinski definition) is 1. The Labute approximate surface area is 197 Å². The van der Waals surface area contributed by atoms with E-state index in [-0.39, 0.29) is 29.1 Å². The van der Waals surface area contributed by atoms with E-state index in [0.29, 0.717) is 17.2 Å². The molecule has 0 spiro atoms. The summed E-state index contributed by atoms with van der Waals surface area (Å²) in [6.07, 6.45) is 1.03. The molecule has 0 atom stereocenters. The fourth-order valence-electron chi connectivity index (χ4n) is 3.74. The molecule has 1 aromatic heterocycles. The monoisotopic (exact) mass is 498 g/mol. The third kappa shape index (κ3) is 4.21. The minimum Gasteiger partial charge on any atom is -0.454 e. The van der Waals surface area contributed by atoms with Crippen molar-refractivity contribution in [1.82, 2.24) is 4.57 Å². The summed E-state index contributed by atoms with van der Waals surface area (Å²) in [7, 11) is -4.40. The fraction of sp³-hybridized carbons (Fsp3) is 0.0833. The number of rotatable bonds is 5. The lowest BCUT2D eigenvalue weighted by molar-refractivity contribution is -0.116. The molecule has 0 unspecified atom stereocenters. The van der Waals surface area contributed by atoms with Gasteiger partial charge in [0.2, 0.25) is 28.0 Å². The molecule has 3 aromatic carbocycles. The smallest absolute Gasteiger partial charge is 0.244 e. The van der Waals surface area contributed by atoms with Crippen molar-refractivity contribution >= 4 is 32.3 Å².